The molecule has 0 bridgehead atoms. The van der Waals surface area contributed by atoms with Gasteiger partial charge < -0.3 is 29.5 Å². The first-order chi connectivity index (χ1) is 12.2. The van der Waals surface area contributed by atoms with E-state index >= 15 is 0 Å². The second-order valence-electron chi connectivity index (χ2n) is 7.02. The smallest absolute Gasteiger partial charge is 0.371 e. The highest BCUT2D eigenvalue weighted by Crippen LogP contribution is 2.31. The minimum atomic E-state index is -3.29. The third-order valence-electron chi connectivity index (χ3n) is 4.63. The van der Waals surface area contributed by atoms with Crippen molar-refractivity contribution in [1.82, 2.24) is 9.80 Å². The molecule has 0 radical (unpaired) electrons. The highest BCUT2D eigenvalue weighted by molar-refractivity contribution is 6.06. The summed E-state index contributed by atoms with van der Waals surface area (Å²) < 4.78 is 14.1. The summed E-state index contributed by atoms with van der Waals surface area (Å²) in [5.74, 6) is -3.29. The van der Waals surface area contributed by atoms with E-state index in [2.05, 4.69) is 0 Å². The Morgan fingerprint density at radius 3 is 1.65 bits per heavy atom. The number of ether oxygens (including phenoxy) is 3. The van der Waals surface area contributed by atoms with E-state index in [1.807, 2.05) is 0 Å². The second kappa shape index (κ2) is 5.92. The molecule has 26 heavy (non-hydrogen) atoms. The molecule has 12 heteroatoms. The van der Waals surface area contributed by atoms with Gasteiger partial charge in [0.15, 0.2) is 6.54 Å². The van der Waals surface area contributed by atoms with E-state index in [0.29, 0.717) is 19.8 Å². The number of carbonyl (C=O) groups is 3. The quantitative estimate of drug-likeness (QED) is 0.239. The summed E-state index contributed by atoms with van der Waals surface area (Å²) in [4.78, 5) is 40.6. The highest BCUT2D eigenvalue weighted by atomic mass is 16.7. The molecule has 144 valence electrons. The lowest BCUT2D eigenvalue weighted by molar-refractivity contribution is -0.799. The number of imide groups is 3. The molecule has 3 atom stereocenters. The molecule has 3 unspecified atom stereocenters. The molecule has 3 N–H and O–H groups in total. The van der Waals surface area contributed by atoms with Crippen molar-refractivity contribution in [2.24, 2.45) is 0 Å². The molecule has 4 fully saturated rings. The Labute approximate surface area is 147 Å². The molecule has 4 saturated heterocycles. The van der Waals surface area contributed by atoms with Crippen molar-refractivity contribution in [1.29, 1.82) is 0 Å². The van der Waals surface area contributed by atoms with Gasteiger partial charge in [0.2, 0.25) is 0 Å². The number of carbonyl (C=O) groups excluding carboxylic acids is 3. The number of urea groups is 3. The summed E-state index contributed by atoms with van der Waals surface area (Å²) >= 11 is 0. The molecule has 0 spiro atoms. The molecule has 4 heterocycles. The third kappa shape index (κ3) is 3.44. The molecule has 0 aliphatic carbocycles. The molecule has 0 aromatic carbocycles. The van der Waals surface area contributed by atoms with Crippen LogP contribution in [0.3, 0.4) is 0 Å². The fraction of sp³-hybridized carbons (Fsp3) is 0.786. The first-order valence-corrected chi connectivity index (χ1v) is 8.27. The van der Waals surface area contributed by atoms with Gasteiger partial charge in [-0.25, -0.2) is 24.2 Å². The van der Waals surface area contributed by atoms with E-state index in [0.717, 1.165) is 9.80 Å². The van der Waals surface area contributed by atoms with E-state index in [1.54, 1.807) is 0 Å². The monoisotopic (exact) mass is 374 g/mol. The number of nitrogens with zero attached hydrogens (tertiary/aromatic N) is 3. The van der Waals surface area contributed by atoms with Crippen molar-refractivity contribution >= 4 is 18.1 Å². The predicted octanol–water partition coefficient (Wildman–Crippen LogP) is -2.39. The number of rotatable bonds is 8. The van der Waals surface area contributed by atoms with Gasteiger partial charge >= 0.3 is 24.1 Å². The molecule has 0 aromatic heterocycles. The molecule has 4 rings (SSSR count). The van der Waals surface area contributed by atoms with E-state index in [1.165, 1.54) is 0 Å². The summed E-state index contributed by atoms with van der Waals surface area (Å²) in [5, 5.41) is 28.5. The zero-order valence-electron chi connectivity index (χ0n) is 13.8. The maximum absolute atomic E-state index is 13.1. The van der Waals surface area contributed by atoms with Crippen LogP contribution >= 0.6 is 0 Å². The molecule has 4 aliphatic rings. The average Bonchev–Trinajstić information content (AvgIpc) is 3.40. The standard InChI is InChI=1S/C14H20N3O9/c18-11-15(1-8-4-24-8)12(19)17(3-10-6-26-10,7-14(21,22)23)13(20)16(11)2-9-5-25-9/h8-10,21-23H,1-7H2/q+1. The summed E-state index contributed by atoms with van der Waals surface area (Å²) in [6.45, 7) is -0.318. The zero-order valence-corrected chi connectivity index (χ0v) is 13.8. The third-order valence-corrected chi connectivity index (χ3v) is 4.63. The number of epoxide rings is 3. The Morgan fingerprint density at radius 1 is 0.885 bits per heavy atom. The lowest BCUT2D eigenvalue weighted by atomic mass is 10.2. The number of hydrogen-bond donors (Lipinski definition) is 3. The van der Waals surface area contributed by atoms with E-state index in [9.17, 15) is 29.7 Å². The van der Waals surface area contributed by atoms with Crippen LogP contribution in [0.2, 0.25) is 0 Å². The van der Waals surface area contributed by atoms with Gasteiger partial charge in [0.1, 0.15) is 12.6 Å². The Hall–Kier alpha value is -1.67. The van der Waals surface area contributed by atoms with E-state index in [4.69, 9.17) is 14.2 Å². The van der Waals surface area contributed by atoms with Crippen molar-refractivity contribution in [3.05, 3.63) is 0 Å². The first-order valence-electron chi connectivity index (χ1n) is 8.27. The molecular weight excluding hydrogens is 354 g/mol. The largest absolute Gasteiger partial charge is 0.436 e. The fourth-order valence-electron chi connectivity index (χ4n) is 3.16. The van der Waals surface area contributed by atoms with Crippen molar-refractivity contribution in [3.8, 4) is 0 Å². The lowest BCUT2D eigenvalue weighted by Crippen LogP contribution is -2.77. The maximum atomic E-state index is 13.1. The van der Waals surface area contributed by atoms with Gasteiger partial charge in [0.05, 0.1) is 45.1 Å². The Morgan fingerprint density at radius 2 is 1.31 bits per heavy atom. The van der Waals surface area contributed by atoms with E-state index < -0.39 is 41.2 Å². The van der Waals surface area contributed by atoms with Crippen LogP contribution in [0.5, 0.6) is 0 Å². The van der Waals surface area contributed by atoms with Crippen LogP contribution in [-0.4, -0.2) is 118 Å². The molecule has 12 nitrogen and oxygen atoms in total. The van der Waals surface area contributed by atoms with Gasteiger partial charge in [-0.1, -0.05) is 0 Å². The summed E-state index contributed by atoms with van der Waals surface area (Å²) in [6, 6.07) is -2.70. The van der Waals surface area contributed by atoms with Crippen LogP contribution in [0.4, 0.5) is 14.4 Å². The van der Waals surface area contributed by atoms with Crippen molar-refractivity contribution in [2.45, 2.75) is 24.3 Å². The van der Waals surface area contributed by atoms with Gasteiger partial charge in [-0.05, 0) is 0 Å². The van der Waals surface area contributed by atoms with Crippen molar-refractivity contribution in [2.75, 3.05) is 46.0 Å². The second-order valence-corrected chi connectivity index (χ2v) is 7.02. The van der Waals surface area contributed by atoms with Crippen LogP contribution in [0.15, 0.2) is 0 Å². The number of quaternary nitrogens is 1. The lowest BCUT2D eigenvalue weighted by Gasteiger charge is -2.43. The van der Waals surface area contributed by atoms with Crippen LogP contribution in [0.25, 0.3) is 0 Å². The van der Waals surface area contributed by atoms with Crippen LogP contribution in [0.1, 0.15) is 0 Å². The van der Waals surface area contributed by atoms with E-state index in [-0.39, 0.29) is 31.8 Å². The topological polar surface area (TPSA) is 156 Å². The molecular formula is C14H20N3O9+. The van der Waals surface area contributed by atoms with Gasteiger partial charge in [-0.3, -0.25) is 0 Å². The molecule has 4 aliphatic heterocycles. The number of aliphatic hydroxyl groups is 3. The Bertz CT molecular complexity index is 600. The highest BCUT2D eigenvalue weighted by Gasteiger charge is 2.63. The van der Waals surface area contributed by atoms with Gasteiger partial charge in [-0.2, -0.15) is 0 Å². The maximum Gasteiger partial charge on any atom is 0.436 e. The summed E-state index contributed by atoms with van der Waals surface area (Å²) in [7, 11) is 0. The Kier molecular flexibility index (Phi) is 4.04. The molecule has 0 aromatic rings. The van der Waals surface area contributed by atoms with Crippen molar-refractivity contribution in [3.63, 3.8) is 0 Å². The number of amides is 6. The Balaban J connectivity index is 1.70. The zero-order chi connectivity index (χ0) is 18.7. The van der Waals surface area contributed by atoms with Crippen LogP contribution < -0.4 is 0 Å². The summed E-state index contributed by atoms with van der Waals surface area (Å²) in [5.41, 5.74) is 0. The predicted molar refractivity (Wildman–Crippen MR) is 78.2 cm³/mol. The fourth-order valence-corrected chi connectivity index (χ4v) is 3.16. The van der Waals surface area contributed by atoms with Gasteiger partial charge in [0.25, 0.3) is 0 Å². The average molecular weight is 374 g/mol. The van der Waals surface area contributed by atoms with Crippen LogP contribution in [0, 0.1) is 0 Å². The minimum Gasteiger partial charge on any atom is -0.371 e. The van der Waals surface area contributed by atoms with Gasteiger partial charge in [-0.15, -0.1) is 4.48 Å². The molecule has 6 amide bonds. The van der Waals surface area contributed by atoms with Crippen molar-refractivity contribution < 1.29 is 48.4 Å². The summed E-state index contributed by atoms with van der Waals surface area (Å²) in [6.07, 6.45) is -1.11. The molecule has 0 saturated carbocycles. The SMILES string of the molecule is O=C1N(CC2CO2)C(=O)[N+](CC2CO2)(CC(O)(O)O)C(=O)N1CC1CO1. The van der Waals surface area contributed by atoms with Crippen LogP contribution in [-0.2, 0) is 14.2 Å². The minimum absolute atomic E-state index is 0.0617. The normalized spacial score (nSPS) is 36.6. The number of hydrogen-bond acceptors (Lipinski definition) is 9. The first kappa shape index (κ1) is 17.7. The van der Waals surface area contributed by atoms with Gasteiger partial charge in [0, 0.05) is 0 Å².